The van der Waals surface area contributed by atoms with E-state index in [1.165, 1.54) is 0 Å². The normalized spacial score (nSPS) is 11.2. The summed E-state index contributed by atoms with van der Waals surface area (Å²) in [5, 5.41) is 4.23. The molecule has 119 heavy (non-hydrogen) atoms. The Morgan fingerprint density at radius 2 is 0.336 bits per heavy atom. The first-order valence-electron chi connectivity index (χ1n) is 39.3. The highest BCUT2D eigenvalue weighted by Crippen LogP contribution is 2.47. The minimum atomic E-state index is 0.363. The summed E-state index contributed by atoms with van der Waals surface area (Å²) in [6, 6.07) is 108. The van der Waals surface area contributed by atoms with Crippen LogP contribution in [0.4, 0.5) is 68.2 Å². The average Bonchev–Trinajstić information content (AvgIpc) is 1.59. The number of hydrogen-bond donors (Lipinski definition) is 0. The number of rotatable bonds is 36. The molecule has 0 amide bonds. The quantitative estimate of drug-likeness (QED) is 0.0343. The van der Waals surface area contributed by atoms with Crippen molar-refractivity contribution in [3.8, 4) is 68.9 Å². The van der Waals surface area contributed by atoms with Crippen molar-refractivity contribution in [2.75, 3.05) is 129 Å². The lowest BCUT2D eigenvalue weighted by Crippen LogP contribution is -2.14. The molecule has 0 radical (unpaired) electrons. The molecule has 16 aromatic rings. The van der Waals surface area contributed by atoms with E-state index in [2.05, 4.69) is 223 Å². The second-order valence-electron chi connectivity index (χ2n) is 27.9. The third-order valence-electron chi connectivity index (χ3n) is 21.1. The number of benzene rings is 14. The maximum Gasteiger partial charge on any atom is 0.119 e. The van der Waals surface area contributed by atoms with E-state index in [-0.39, 0.29) is 0 Å². The molecule has 14 aromatic carbocycles. The predicted octanol–water partition coefficient (Wildman–Crippen LogP) is 23.3. The van der Waals surface area contributed by atoms with Crippen molar-refractivity contribution >= 4 is 112 Å². The van der Waals surface area contributed by atoms with Gasteiger partial charge in [-0.25, -0.2) is 0 Å². The van der Waals surface area contributed by atoms with Gasteiger partial charge < -0.3 is 90.3 Å². The Hall–Kier alpha value is -14.2. The fourth-order valence-electron chi connectivity index (χ4n) is 15.1. The third kappa shape index (κ3) is 17.2. The fourth-order valence-corrected chi connectivity index (χ4v) is 15.1. The first kappa shape index (κ1) is 78.6. The summed E-state index contributed by atoms with van der Waals surface area (Å²) in [6.07, 6.45) is 0. The van der Waals surface area contributed by atoms with Crippen LogP contribution < -0.4 is 67.0 Å². The average molecular weight is 1590 g/mol. The maximum absolute atomic E-state index is 6.26. The molecule has 16 rings (SSSR count). The van der Waals surface area contributed by atoms with Gasteiger partial charge in [0.15, 0.2) is 0 Å². The molecule has 2 heterocycles. The summed E-state index contributed by atoms with van der Waals surface area (Å²) in [7, 11) is 13.4. The molecule has 0 fully saturated rings. The van der Waals surface area contributed by atoms with Crippen molar-refractivity contribution in [1.29, 1.82) is 0 Å². The Morgan fingerprint density at radius 1 is 0.176 bits per heavy atom. The molecule has 0 saturated heterocycles. The molecule has 600 valence electrons. The van der Waals surface area contributed by atoms with Crippen molar-refractivity contribution in [2.24, 2.45) is 0 Å². The van der Waals surface area contributed by atoms with Gasteiger partial charge in [-0.05, 0) is 315 Å². The van der Waals surface area contributed by atoms with E-state index < -0.39 is 0 Å². The lowest BCUT2D eigenvalue weighted by molar-refractivity contribution is 0.00499. The molecular formula is C100H92N6O13. The Bertz CT molecular complexity index is 5180. The molecule has 0 aliphatic rings. The van der Waals surface area contributed by atoms with Crippen LogP contribution >= 0.6 is 0 Å². The first-order chi connectivity index (χ1) is 58.6. The Morgan fingerprint density at radius 3 is 0.513 bits per heavy atom. The molecule has 19 heteroatoms. The van der Waals surface area contributed by atoms with Gasteiger partial charge in [-0.15, -0.1) is 0 Å². The molecule has 0 spiro atoms. The number of fused-ring (bicyclic) bond motifs is 6. The monoisotopic (exact) mass is 1580 g/mol. The predicted molar refractivity (Wildman–Crippen MR) is 476 cm³/mol. The summed E-state index contributed by atoms with van der Waals surface area (Å²) in [5.74, 6) is 7.62. The lowest BCUT2D eigenvalue weighted by atomic mass is 10.1. The minimum Gasteiger partial charge on any atom is -0.497 e. The Kier molecular flexibility index (Phi) is 24.3. The van der Waals surface area contributed by atoms with E-state index in [0.717, 1.165) is 181 Å². The number of ether oxygens (including phenoxy) is 13. The second kappa shape index (κ2) is 36.7. The number of aromatic nitrogens is 2. The molecule has 0 aliphatic carbocycles. The number of methoxy groups -OCH3 is 8. The molecule has 0 N–H and O–H groups in total. The second-order valence-corrected chi connectivity index (χ2v) is 27.9. The molecule has 0 unspecified atom stereocenters. The van der Waals surface area contributed by atoms with Crippen LogP contribution in [0.1, 0.15) is 0 Å². The van der Waals surface area contributed by atoms with Crippen molar-refractivity contribution in [3.05, 3.63) is 315 Å². The van der Waals surface area contributed by atoms with E-state index >= 15 is 0 Å². The summed E-state index contributed by atoms with van der Waals surface area (Å²) in [6.45, 7) is 3.15. The zero-order valence-corrected chi connectivity index (χ0v) is 67.7. The molecule has 2 aromatic heterocycles. The van der Waals surface area contributed by atoms with E-state index in [9.17, 15) is 0 Å². The number of anilines is 12. The van der Waals surface area contributed by atoms with E-state index in [0.29, 0.717) is 52.9 Å². The smallest absolute Gasteiger partial charge is 0.119 e. The van der Waals surface area contributed by atoms with Gasteiger partial charge in [-0.3, -0.25) is 0 Å². The SMILES string of the molecule is COc1ccc(N(c2ccc(OC)cc2)c2ccc3c(c2)c2cc(N(c4ccc(OC)cc4)c4ccc(OC)cc4)ccc2n3-c2ccc(OCCOCCOCCOCCOc3ccc(-n4c5ccc(N(c6ccc(OC)cc6)c6ccc(OC)cc6)cc5c5cc(N(c6ccc(OC)cc6)c6ccc(OC)cc6)ccc54)cc3)cc2)cc1. The molecule has 0 saturated carbocycles. The van der Waals surface area contributed by atoms with Crippen LogP contribution in [0.2, 0.25) is 0 Å². The van der Waals surface area contributed by atoms with Gasteiger partial charge >= 0.3 is 0 Å². The third-order valence-corrected chi connectivity index (χ3v) is 21.1. The maximum atomic E-state index is 6.26. The standard InChI is InChI=1S/C100H92N6O13/c1-107-83-33-9-69(10-34-83)101(70-11-35-84(108-2)36-12-70)79-29-53-97-93(65-79)94-66-80(102(71-13-37-85(109-3)38-14-71)72-15-39-86(110-4)40-16-72)30-54-98(94)105(97)77-25-49-91(50-26-77)118-63-61-116-59-57-115-58-60-117-62-64-119-92-51-27-78(28-52-92)106-99-55-31-81(103(73-17-41-87(111-5)42-18-73)74-19-43-88(112-6)44-20-74)67-95(99)96-68-82(32-56-100(96)106)104(75-21-45-89(113-7)46-22-75)76-23-47-90(114-8)48-24-76/h9-56,65-68H,57-64H2,1-8H3. The summed E-state index contributed by atoms with van der Waals surface area (Å²) < 4.78 is 79.7. The summed E-state index contributed by atoms with van der Waals surface area (Å²) in [4.78, 5) is 8.99. The van der Waals surface area contributed by atoms with Crippen LogP contribution in [0.15, 0.2) is 315 Å². The molecule has 0 bridgehead atoms. The van der Waals surface area contributed by atoms with Gasteiger partial charge in [0.2, 0.25) is 0 Å². The molecular weight excluding hydrogens is 1490 g/mol. The number of nitrogens with zero attached hydrogens (tertiary/aromatic N) is 6. The minimum absolute atomic E-state index is 0.363. The summed E-state index contributed by atoms with van der Waals surface area (Å²) >= 11 is 0. The molecule has 0 aliphatic heterocycles. The van der Waals surface area contributed by atoms with Crippen LogP contribution in [0.5, 0.6) is 57.5 Å². The lowest BCUT2D eigenvalue weighted by Gasteiger charge is -2.26. The van der Waals surface area contributed by atoms with Crippen molar-refractivity contribution < 1.29 is 61.6 Å². The van der Waals surface area contributed by atoms with Gasteiger partial charge in [0, 0.05) is 101 Å². The highest BCUT2D eigenvalue weighted by atomic mass is 16.6. The van der Waals surface area contributed by atoms with Crippen molar-refractivity contribution in [3.63, 3.8) is 0 Å². The Labute approximate surface area is 692 Å². The van der Waals surface area contributed by atoms with Crippen molar-refractivity contribution in [2.45, 2.75) is 0 Å². The van der Waals surface area contributed by atoms with Gasteiger partial charge in [-0.1, -0.05) is 0 Å². The Balaban J connectivity index is 0.559. The van der Waals surface area contributed by atoms with Crippen LogP contribution in [0, 0.1) is 0 Å². The highest BCUT2D eigenvalue weighted by Gasteiger charge is 2.25. The van der Waals surface area contributed by atoms with Crippen LogP contribution in [0.3, 0.4) is 0 Å². The van der Waals surface area contributed by atoms with E-state index in [1.807, 2.05) is 121 Å². The topological polar surface area (TPSA) is 143 Å². The number of hydrogen-bond acceptors (Lipinski definition) is 17. The van der Waals surface area contributed by atoms with Crippen LogP contribution in [0.25, 0.3) is 55.0 Å². The van der Waals surface area contributed by atoms with Gasteiger partial charge in [0.25, 0.3) is 0 Å². The van der Waals surface area contributed by atoms with Crippen LogP contribution in [-0.2, 0) is 14.2 Å². The van der Waals surface area contributed by atoms with Gasteiger partial charge in [-0.2, -0.15) is 0 Å². The fraction of sp³-hybridized carbons (Fsp3) is 0.160. The zero-order chi connectivity index (χ0) is 81.6. The highest BCUT2D eigenvalue weighted by molar-refractivity contribution is 6.14. The molecule has 0 atom stereocenters. The van der Waals surface area contributed by atoms with E-state index in [1.54, 1.807) is 56.9 Å². The molecule has 19 nitrogen and oxygen atoms in total. The van der Waals surface area contributed by atoms with Gasteiger partial charge in [0.05, 0.1) is 119 Å². The summed E-state index contributed by atoms with van der Waals surface area (Å²) in [5.41, 5.74) is 17.7. The van der Waals surface area contributed by atoms with E-state index in [4.69, 9.17) is 61.6 Å². The zero-order valence-electron chi connectivity index (χ0n) is 67.7. The largest absolute Gasteiger partial charge is 0.497 e. The van der Waals surface area contributed by atoms with Crippen molar-refractivity contribution in [1.82, 2.24) is 9.13 Å². The first-order valence-corrected chi connectivity index (χ1v) is 39.3. The van der Waals surface area contributed by atoms with Crippen LogP contribution in [-0.4, -0.2) is 119 Å². The van der Waals surface area contributed by atoms with Gasteiger partial charge in [0.1, 0.15) is 70.7 Å².